The number of carbonyl (C=O) groups excluding carboxylic acids is 2. The second kappa shape index (κ2) is 9.41. The van der Waals surface area contributed by atoms with E-state index >= 15 is 0 Å². The van der Waals surface area contributed by atoms with Crippen LogP contribution in [0.3, 0.4) is 0 Å². The lowest BCUT2D eigenvalue weighted by Gasteiger charge is -2.20. The minimum Gasteiger partial charge on any atom is -0.348 e. The standard InChI is InChI=1S/C21H25F2N3O2/c1-13-6-5-7-14(2)21(13)25-20(28)12-26(4)11-19(27)24-15(3)17-9-8-16(22)10-18(17)23/h5-10,15H,11-12H2,1-4H3,(H,24,27)(H,25,28)/t15-/m0/s1. The highest BCUT2D eigenvalue weighted by Gasteiger charge is 2.17. The van der Waals surface area contributed by atoms with Crippen molar-refractivity contribution in [3.05, 3.63) is 64.7 Å². The van der Waals surface area contributed by atoms with Gasteiger partial charge in [-0.25, -0.2) is 8.78 Å². The van der Waals surface area contributed by atoms with Crippen LogP contribution in [0.5, 0.6) is 0 Å². The molecule has 0 aliphatic carbocycles. The number of anilines is 1. The first-order chi connectivity index (χ1) is 13.2. The Kier molecular flexibility index (Phi) is 7.23. The summed E-state index contributed by atoms with van der Waals surface area (Å²) in [5, 5.41) is 5.52. The molecule has 28 heavy (non-hydrogen) atoms. The molecule has 2 rings (SSSR count). The van der Waals surface area contributed by atoms with Gasteiger partial charge in [-0.1, -0.05) is 24.3 Å². The Morgan fingerprint density at radius 1 is 1.04 bits per heavy atom. The Bertz CT molecular complexity index is 850. The maximum absolute atomic E-state index is 13.8. The second-order valence-corrected chi connectivity index (χ2v) is 6.94. The first-order valence-electron chi connectivity index (χ1n) is 8.96. The molecule has 0 saturated heterocycles. The molecule has 0 aliphatic rings. The van der Waals surface area contributed by atoms with E-state index in [9.17, 15) is 18.4 Å². The lowest BCUT2D eigenvalue weighted by atomic mass is 10.1. The summed E-state index contributed by atoms with van der Waals surface area (Å²) in [5.41, 5.74) is 2.89. The highest BCUT2D eigenvalue weighted by atomic mass is 19.1. The molecule has 0 heterocycles. The van der Waals surface area contributed by atoms with Crippen LogP contribution in [0.4, 0.5) is 14.5 Å². The molecule has 0 radical (unpaired) electrons. The van der Waals surface area contributed by atoms with E-state index in [0.29, 0.717) is 0 Å². The van der Waals surface area contributed by atoms with E-state index in [-0.39, 0.29) is 30.5 Å². The fourth-order valence-electron chi connectivity index (χ4n) is 2.95. The molecule has 0 fully saturated rings. The summed E-state index contributed by atoms with van der Waals surface area (Å²) < 4.78 is 26.8. The van der Waals surface area contributed by atoms with Gasteiger partial charge in [0.1, 0.15) is 11.6 Å². The summed E-state index contributed by atoms with van der Waals surface area (Å²) in [4.78, 5) is 26.0. The van der Waals surface area contributed by atoms with Crippen LogP contribution in [0.25, 0.3) is 0 Å². The molecule has 150 valence electrons. The van der Waals surface area contributed by atoms with E-state index in [1.807, 2.05) is 32.0 Å². The Labute approximate surface area is 163 Å². The van der Waals surface area contributed by atoms with Gasteiger partial charge in [0.15, 0.2) is 0 Å². The number of nitrogens with zero attached hydrogens (tertiary/aromatic N) is 1. The van der Waals surface area contributed by atoms with E-state index in [2.05, 4.69) is 10.6 Å². The molecule has 0 bridgehead atoms. The van der Waals surface area contributed by atoms with Crippen molar-refractivity contribution < 1.29 is 18.4 Å². The lowest BCUT2D eigenvalue weighted by molar-refractivity contribution is -0.123. The van der Waals surface area contributed by atoms with Crippen LogP contribution in [0.2, 0.25) is 0 Å². The van der Waals surface area contributed by atoms with Crippen LogP contribution < -0.4 is 10.6 Å². The van der Waals surface area contributed by atoms with Crippen molar-refractivity contribution in [1.29, 1.82) is 0 Å². The highest BCUT2D eigenvalue weighted by molar-refractivity contribution is 5.94. The number of hydrogen-bond donors (Lipinski definition) is 2. The van der Waals surface area contributed by atoms with Crippen LogP contribution in [0, 0.1) is 25.5 Å². The van der Waals surface area contributed by atoms with Gasteiger partial charge in [0.25, 0.3) is 0 Å². The van der Waals surface area contributed by atoms with Crippen LogP contribution in [-0.2, 0) is 9.59 Å². The Balaban J connectivity index is 1.87. The van der Waals surface area contributed by atoms with Crippen LogP contribution in [-0.4, -0.2) is 36.9 Å². The third-order valence-electron chi connectivity index (χ3n) is 4.38. The van der Waals surface area contributed by atoms with E-state index in [4.69, 9.17) is 0 Å². The molecule has 2 aromatic carbocycles. The molecule has 0 unspecified atom stereocenters. The predicted molar refractivity (Wildman–Crippen MR) is 105 cm³/mol. The summed E-state index contributed by atoms with van der Waals surface area (Å²) in [6.07, 6.45) is 0. The summed E-state index contributed by atoms with van der Waals surface area (Å²) in [7, 11) is 1.65. The normalized spacial score (nSPS) is 12.0. The van der Waals surface area contributed by atoms with Gasteiger partial charge >= 0.3 is 0 Å². The monoisotopic (exact) mass is 389 g/mol. The fraction of sp³-hybridized carbons (Fsp3) is 0.333. The first-order valence-corrected chi connectivity index (χ1v) is 8.96. The van der Waals surface area contributed by atoms with Crippen LogP contribution in [0.15, 0.2) is 36.4 Å². The summed E-state index contributed by atoms with van der Waals surface area (Å²) in [6, 6.07) is 8.35. The summed E-state index contributed by atoms with van der Waals surface area (Å²) >= 11 is 0. The maximum Gasteiger partial charge on any atom is 0.238 e. The minimum absolute atomic E-state index is 0.0283. The molecule has 2 amide bonds. The van der Waals surface area contributed by atoms with Crippen molar-refractivity contribution in [3.63, 3.8) is 0 Å². The number of amides is 2. The largest absolute Gasteiger partial charge is 0.348 e. The predicted octanol–water partition coefficient (Wildman–Crippen LogP) is 3.33. The molecule has 0 saturated carbocycles. The average Bonchev–Trinajstić information content (AvgIpc) is 2.57. The third kappa shape index (κ3) is 5.85. The average molecular weight is 389 g/mol. The third-order valence-corrected chi connectivity index (χ3v) is 4.38. The number of para-hydroxylation sites is 1. The highest BCUT2D eigenvalue weighted by Crippen LogP contribution is 2.19. The number of aryl methyl sites for hydroxylation is 2. The van der Waals surface area contributed by atoms with Gasteiger partial charge in [-0.15, -0.1) is 0 Å². The van der Waals surface area contributed by atoms with E-state index < -0.39 is 17.7 Å². The number of nitrogens with one attached hydrogen (secondary N) is 2. The molecule has 7 heteroatoms. The fourth-order valence-corrected chi connectivity index (χ4v) is 2.95. The van der Waals surface area contributed by atoms with Crippen molar-refractivity contribution in [1.82, 2.24) is 10.2 Å². The zero-order valence-corrected chi connectivity index (χ0v) is 16.5. The molecular formula is C21H25F2N3O2. The van der Waals surface area contributed by atoms with Gasteiger partial charge in [0.05, 0.1) is 19.1 Å². The number of benzene rings is 2. The Morgan fingerprint density at radius 2 is 1.64 bits per heavy atom. The molecule has 2 N–H and O–H groups in total. The van der Waals surface area contributed by atoms with Crippen molar-refractivity contribution in [2.24, 2.45) is 0 Å². The van der Waals surface area contributed by atoms with E-state index in [1.165, 1.54) is 6.07 Å². The van der Waals surface area contributed by atoms with Crippen molar-refractivity contribution in [2.45, 2.75) is 26.8 Å². The quantitative estimate of drug-likeness (QED) is 0.764. The number of hydrogen-bond acceptors (Lipinski definition) is 3. The minimum atomic E-state index is -0.714. The topological polar surface area (TPSA) is 61.4 Å². The maximum atomic E-state index is 13.8. The van der Waals surface area contributed by atoms with Crippen molar-refractivity contribution >= 4 is 17.5 Å². The zero-order chi connectivity index (χ0) is 20.8. The molecule has 2 aromatic rings. The Morgan fingerprint density at radius 3 is 2.25 bits per heavy atom. The molecule has 5 nitrogen and oxygen atoms in total. The first kappa shape index (κ1) is 21.5. The second-order valence-electron chi connectivity index (χ2n) is 6.94. The zero-order valence-electron chi connectivity index (χ0n) is 16.5. The van der Waals surface area contributed by atoms with Crippen molar-refractivity contribution in [3.8, 4) is 0 Å². The van der Waals surface area contributed by atoms with Gasteiger partial charge in [-0.2, -0.15) is 0 Å². The van der Waals surface area contributed by atoms with Gasteiger partial charge in [0, 0.05) is 17.3 Å². The number of likely N-dealkylation sites (N-methyl/N-ethyl adjacent to an activating group) is 1. The molecule has 0 aliphatic heterocycles. The molecule has 0 aromatic heterocycles. The molecule has 0 spiro atoms. The summed E-state index contributed by atoms with van der Waals surface area (Å²) in [6.45, 7) is 5.43. The van der Waals surface area contributed by atoms with E-state index in [0.717, 1.165) is 28.9 Å². The summed E-state index contributed by atoms with van der Waals surface area (Å²) in [5.74, 6) is -1.98. The van der Waals surface area contributed by atoms with Crippen LogP contribution >= 0.6 is 0 Å². The van der Waals surface area contributed by atoms with Gasteiger partial charge < -0.3 is 10.6 Å². The van der Waals surface area contributed by atoms with Gasteiger partial charge in [0.2, 0.25) is 11.8 Å². The number of rotatable bonds is 7. The van der Waals surface area contributed by atoms with Gasteiger partial charge in [-0.3, -0.25) is 14.5 Å². The molecule has 1 atom stereocenters. The number of carbonyl (C=O) groups is 2. The van der Waals surface area contributed by atoms with Gasteiger partial charge in [-0.05, 0) is 45.0 Å². The SMILES string of the molecule is Cc1cccc(C)c1NC(=O)CN(C)CC(=O)N[C@@H](C)c1ccc(F)cc1F. The van der Waals surface area contributed by atoms with E-state index in [1.54, 1.807) is 18.9 Å². The number of halogens is 2. The van der Waals surface area contributed by atoms with Crippen LogP contribution in [0.1, 0.15) is 29.7 Å². The lowest BCUT2D eigenvalue weighted by Crippen LogP contribution is -2.40. The molecular weight excluding hydrogens is 364 g/mol. The van der Waals surface area contributed by atoms with Crippen molar-refractivity contribution in [2.75, 3.05) is 25.5 Å². The Hall–Kier alpha value is -2.80. The smallest absolute Gasteiger partial charge is 0.238 e.